The third-order valence-corrected chi connectivity index (χ3v) is 4.05. The van der Waals surface area contributed by atoms with E-state index in [0.717, 1.165) is 22.7 Å². The average molecular weight is 289 g/mol. The second-order valence-corrected chi connectivity index (χ2v) is 5.74. The van der Waals surface area contributed by atoms with Gasteiger partial charge in [-0.25, -0.2) is 4.98 Å². The van der Waals surface area contributed by atoms with E-state index in [2.05, 4.69) is 4.98 Å². The lowest BCUT2D eigenvalue weighted by atomic mass is 10.1. The maximum atomic E-state index is 11.9. The predicted molar refractivity (Wildman–Crippen MR) is 82.0 cm³/mol. The Bertz CT molecular complexity index is 551. The van der Waals surface area contributed by atoms with Crippen molar-refractivity contribution in [1.29, 1.82) is 0 Å². The summed E-state index contributed by atoms with van der Waals surface area (Å²) >= 11 is 1.55. The second-order valence-electron chi connectivity index (χ2n) is 4.79. The van der Waals surface area contributed by atoms with Crippen LogP contribution in [0.25, 0.3) is 11.3 Å². The molecule has 2 rings (SSSR count). The third-order valence-electron chi connectivity index (χ3n) is 3.20. The van der Waals surface area contributed by atoms with Gasteiger partial charge >= 0.3 is 0 Å². The van der Waals surface area contributed by atoms with Crippen molar-refractivity contribution in [2.45, 2.75) is 32.3 Å². The molecule has 1 atom stereocenters. The van der Waals surface area contributed by atoms with Crippen LogP contribution >= 0.6 is 11.3 Å². The van der Waals surface area contributed by atoms with E-state index in [1.54, 1.807) is 18.4 Å². The van der Waals surface area contributed by atoms with Crippen LogP contribution in [-0.4, -0.2) is 24.0 Å². The Morgan fingerprint density at radius 1 is 1.35 bits per heavy atom. The minimum atomic E-state index is 0.134. The second kappa shape index (κ2) is 7.31. The van der Waals surface area contributed by atoms with E-state index >= 15 is 0 Å². The first-order valence-electron chi connectivity index (χ1n) is 6.73. The summed E-state index contributed by atoms with van der Waals surface area (Å²) < 4.78 is 5.15. The van der Waals surface area contributed by atoms with E-state index in [9.17, 15) is 4.79 Å². The molecule has 0 saturated carbocycles. The first-order chi connectivity index (χ1) is 9.69. The van der Waals surface area contributed by atoms with Gasteiger partial charge in [0.1, 0.15) is 10.8 Å². The molecule has 0 saturated heterocycles. The Kier molecular flexibility index (Phi) is 5.44. The fourth-order valence-electron chi connectivity index (χ4n) is 1.87. The van der Waals surface area contributed by atoms with Gasteiger partial charge in [-0.05, 0) is 13.3 Å². The van der Waals surface area contributed by atoms with Crippen LogP contribution in [0.4, 0.5) is 0 Å². The molecule has 0 spiro atoms. The molecule has 0 amide bonds. The molecule has 0 aliphatic rings. The zero-order valence-corrected chi connectivity index (χ0v) is 12.7. The van der Waals surface area contributed by atoms with E-state index in [1.165, 1.54) is 0 Å². The van der Waals surface area contributed by atoms with E-state index in [0.29, 0.717) is 12.8 Å². The number of carbonyl (C=O) groups excluding carboxylic acids is 1. The summed E-state index contributed by atoms with van der Waals surface area (Å²) in [5, 5.41) is 2.90. The molecule has 1 heterocycles. The van der Waals surface area contributed by atoms with Gasteiger partial charge in [-0.15, -0.1) is 11.3 Å². The molecular formula is C16H19NO2S. The van der Waals surface area contributed by atoms with Gasteiger partial charge in [0.25, 0.3) is 0 Å². The van der Waals surface area contributed by atoms with Crippen molar-refractivity contribution in [3.8, 4) is 11.3 Å². The molecule has 1 unspecified atom stereocenters. The van der Waals surface area contributed by atoms with Crippen molar-refractivity contribution in [2.75, 3.05) is 7.11 Å². The fourth-order valence-corrected chi connectivity index (χ4v) is 2.70. The van der Waals surface area contributed by atoms with Gasteiger partial charge in [-0.1, -0.05) is 30.3 Å². The number of Topliss-reactive ketones (excluding diaryl/α,β-unsaturated/α-hetero) is 1. The number of ketones is 1. The first-order valence-corrected chi connectivity index (χ1v) is 7.61. The summed E-state index contributed by atoms with van der Waals surface area (Å²) in [6.45, 7) is 1.98. The van der Waals surface area contributed by atoms with Gasteiger partial charge in [0.15, 0.2) is 0 Å². The fraction of sp³-hybridized carbons (Fsp3) is 0.375. The lowest BCUT2D eigenvalue weighted by Crippen LogP contribution is -2.10. The number of hydrogen-bond acceptors (Lipinski definition) is 4. The molecule has 0 N–H and O–H groups in total. The number of ether oxygens (including phenoxy) is 1. The van der Waals surface area contributed by atoms with Gasteiger partial charge in [0.05, 0.1) is 18.2 Å². The van der Waals surface area contributed by atoms with Gasteiger partial charge in [-0.3, -0.25) is 4.79 Å². The number of carbonyl (C=O) groups is 1. The van der Waals surface area contributed by atoms with Gasteiger partial charge in [0, 0.05) is 24.5 Å². The van der Waals surface area contributed by atoms with Crippen molar-refractivity contribution in [3.05, 3.63) is 40.7 Å². The number of rotatable bonds is 7. The van der Waals surface area contributed by atoms with Crippen LogP contribution in [0.2, 0.25) is 0 Å². The minimum absolute atomic E-state index is 0.134. The Morgan fingerprint density at radius 2 is 2.10 bits per heavy atom. The summed E-state index contributed by atoms with van der Waals surface area (Å²) in [4.78, 5) is 16.4. The van der Waals surface area contributed by atoms with E-state index in [1.807, 2.05) is 42.6 Å². The SMILES string of the molecule is COC(C)CCC(=O)Cc1nc(-c2ccccc2)cs1. The zero-order chi connectivity index (χ0) is 14.4. The smallest absolute Gasteiger partial charge is 0.139 e. The Hall–Kier alpha value is -1.52. The molecule has 0 bridgehead atoms. The number of aromatic nitrogens is 1. The molecule has 4 heteroatoms. The summed E-state index contributed by atoms with van der Waals surface area (Å²) in [5.74, 6) is 0.225. The monoisotopic (exact) mass is 289 g/mol. The summed E-state index contributed by atoms with van der Waals surface area (Å²) in [6, 6.07) is 10.0. The summed E-state index contributed by atoms with van der Waals surface area (Å²) in [6.07, 6.45) is 1.88. The Morgan fingerprint density at radius 3 is 2.80 bits per heavy atom. The molecule has 0 radical (unpaired) electrons. The molecule has 20 heavy (non-hydrogen) atoms. The number of methoxy groups -OCH3 is 1. The summed E-state index contributed by atoms with van der Waals surface area (Å²) in [5.41, 5.74) is 2.04. The van der Waals surface area contributed by atoms with Gasteiger partial charge < -0.3 is 4.74 Å². The Balaban J connectivity index is 1.91. The van der Waals surface area contributed by atoms with Crippen molar-refractivity contribution in [3.63, 3.8) is 0 Å². The molecule has 0 fully saturated rings. The molecule has 106 valence electrons. The maximum absolute atomic E-state index is 11.9. The molecule has 2 aromatic rings. The lowest BCUT2D eigenvalue weighted by Gasteiger charge is -2.07. The Labute approximate surface area is 123 Å². The van der Waals surface area contributed by atoms with Crippen LogP contribution < -0.4 is 0 Å². The summed E-state index contributed by atoms with van der Waals surface area (Å²) in [7, 11) is 1.67. The van der Waals surface area contributed by atoms with Gasteiger partial charge in [0.2, 0.25) is 0 Å². The van der Waals surface area contributed by atoms with Crippen LogP contribution in [0.1, 0.15) is 24.8 Å². The molecular weight excluding hydrogens is 270 g/mol. The van der Waals surface area contributed by atoms with Gasteiger partial charge in [-0.2, -0.15) is 0 Å². The van der Waals surface area contributed by atoms with Crippen molar-refractivity contribution >= 4 is 17.1 Å². The highest BCUT2D eigenvalue weighted by Crippen LogP contribution is 2.22. The van der Waals surface area contributed by atoms with E-state index in [4.69, 9.17) is 4.74 Å². The molecule has 1 aromatic carbocycles. The molecule has 3 nitrogen and oxygen atoms in total. The highest BCUT2D eigenvalue weighted by Gasteiger charge is 2.10. The molecule has 0 aliphatic heterocycles. The number of hydrogen-bond donors (Lipinski definition) is 0. The van der Waals surface area contributed by atoms with Crippen LogP contribution in [0.3, 0.4) is 0 Å². The normalized spacial score (nSPS) is 12.3. The average Bonchev–Trinajstić information content (AvgIpc) is 2.94. The first kappa shape index (κ1) is 14.9. The third kappa shape index (κ3) is 4.25. The largest absolute Gasteiger partial charge is 0.382 e. The van der Waals surface area contributed by atoms with Crippen molar-refractivity contribution in [2.24, 2.45) is 0 Å². The molecule has 1 aromatic heterocycles. The quantitative estimate of drug-likeness (QED) is 0.779. The molecule has 0 aliphatic carbocycles. The van der Waals surface area contributed by atoms with Crippen LogP contribution in [-0.2, 0) is 16.0 Å². The zero-order valence-electron chi connectivity index (χ0n) is 11.8. The van der Waals surface area contributed by atoms with Crippen LogP contribution in [0.15, 0.2) is 35.7 Å². The maximum Gasteiger partial charge on any atom is 0.139 e. The van der Waals surface area contributed by atoms with Crippen molar-refractivity contribution < 1.29 is 9.53 Å². The number of nitrogens with zero attached hydrogens (tertiary/aromatic N) is 1. The standard InChI is InChI=1S/C16H19NO2S/c1-12(19-2)8-9-14(18)10-16-17-15(11-20-16)13-6-4-3-5-7-13/h3-7,11-12H,8-10H2,1-2H3. The van der Waals surface area contributed by atoms with E-state index in [-0.39, 0.29) is 11.9 Å². The number of thiazole rings is 1. The highest BCUT2D eigenvalue weighted by atomic mass is 32.1. The highest BCUT2D eigenvalue weighted by molar-refractivity contribution is 7.10. The number of benzene rings is 1. The minimum Gasteiger partial charge on any atom is -0.382 e. The van der Waals surface area contributed by atoms with Crippen molar-refractivity contribution in [1.82, 2.24) is 4.98 Å². The topological polar surface area (TPSA) is 39.2 Å². The van der Waals surface area contributed by atoms with Crippen LogP contribution in [0.5, 0.6) is 0 Å². The van der Waals surface area contributed by atoms with Crippen LogP contribution in [0, 0.1) is 0 Å². The van der Waals surface area contributed by atoms with E-state index < -0.39 is 0 Å². The predicted octanol–water partition coefficient (Wildman–Crippen LogP) is 3.74. The lowest BCUT2D eigenvalue weighted by molar-refractivity contribution is -0.119.